The Balaban J connectivity index is 1.52. The molecule has 0 unspecified atom stereocenters. The summed E-state index contributed by atoms with van der Waals surface area (Å²) >= 11 is 1.15. The summed E-state index contributed by atoms with van der Waals surface area (Å²) < 4.78 is 91.6. The second-order valence-corrected chi connectivity index (χ2v) is 13.2. The van der Waals surface area contributed by atoms with E-state index < -0.39 is 47.7 Å². The van der Waals surface area contributed by atoms with Gasteiger partial charge in [0.25, 0.3) is 0 Å². The number of carboxylic acid groups (broad SMARTS) is 1. The van der Waals surface area contributed by atoms with Gasteiger partial charge in [-0.25, -0.2) is 14.6 Å². The van der Waals surface area contributed by atoms with Gasteiger partial charge in [-0.3, -0.25) is 4.90 Å². The van der Waals surface area contributed by atoms with Crippen molar-refractivity contribution in [3.8, 4) is 28.0 Å². The topological polar surface area (TPSA) is 92.2 Å². The van der Waals surface area contributed by atoms with Gasteiger partial charge in [-0.15, -0.1) is 11.3 Å². The van der Waals surface area contributed by atoms with Crippen LogP contribution in [0.3, 0.4) is 0 Å². The molecule has 0 aliphatic carbocycles. The number of aromatic carboxylic acids is 1. The first-order chi connectivity index (χ1) is 23.4. The SMILES string of the molecule is C=C(/C=C(\C=C(/C)C(F)(F)F)C(F)(F)F)[C@H]1OC(=O)N(Cc2nc(N3CCC3)ccc2-c2cc(-c3cc(C(=O)O)sc3C)ccc2OC)[C@H]1C. The lowest BCUT2D eigenvalue weighted by Crippen LogP contribution is -2.38. The van der Waals surface area contributed by atoms with Gasteiger partial charge in [-0.05, 0) is 86.4 Å². The number of hydrogen-bond donors (Lipinski definition) is 1. The van der Waals surface area contributed by atoms with Gasteiger partial charge in [-0.1, -0.05) is 12.6 Å². The van der Waals surface area contributed by atoms with E-state index in [0.29, 0.717) is 52.5 Å². The number of ether oxygens (including phenoxy) is 2. The molecular formula is C35H33F6N3O5S. The van der Waals surface area contributed by atoms with Crippen molar-refractivity contribution in [2.75, 3.05) is 25.1 Å². The number of benzene rings is 1. The van der Waals surface area contributed by atoms with Crippen LogP contribution in [-0.2, 0) is 11.3 Å². The number of carboxylic acids is 1. The fourth-order valence-corrected chi connectivity index (χ4v) is 6.58. The molecule has 0 radical (unpaired) electrons. The minimum Gasteiger partial charge on any atom is -0.496 e. The molecule has 2 atom stereocenters. The lowest BCUT2D eigenvalue weighted by molar-refractivity contribution is -0.0954. The van der Waals surface area contributed by atoms with Gasteiger partial charge in [0.15, 0.2) is 0 Å². The number of aromatic nitrogens is 1. The van der Waals surface area contributed by atoms with Crippen molar-refractivity contribution in [1.82, 2.24) is 9.88 Å². The van der Waals surface area contributed by atoms with Crippen LogP contribution < -0.4 is 9.64 Å². The number of halogens is 6. The minimum atomic E-state index is -5.14. The Labute approximate surface area is 287 Å². The summed E-state index contributed by atoms with van der Waals surface area (Å²) in [5.74, 6) is 0.0718. The third-order valence-corrected chi connectivity index (χ3v) is 9.67. The molecule has 266 valence electrons. The molecule has 1 N–H and O–H groups in total. The molecule has 1 amide bonds. The Morgan fingerprint density at radius 1 is 1.08 bits per heavy atom. The van der Waals surface area contributed by atoms with Crippen molar-refractivity contribution in [2.45, 2.75) is 58.2 Å². The number of rotatable bonds is 10. The average Bonchev–Trinajstić information content (AvgIpc) is 3.53. The number of carbonyl (C=O) groups is 2. The van der Waals surface area contributed by atoms with Crippen molar-refractivity contribution >= 4 is 29.2 Å². The van der Waals surface area contributed by atoms with E-state index >= 15 is 0 Å². The third-order valence-electron chi connectivity index (χ3n) is 8.63. The Hall–Kier alpha value is -4.79. The van der Waals surface area contributed by atoms with E-state index in [-0.39, 0.29) is 23.1 Å². The van der Waals surface area contributed by atoms with Crippen molar-refractivity contribution in [1.29, 1.82) is 0 Å². The normalized spacial score (nSPS) is 18.6. The van der Waals surface area contributed by atoms with Crippen molar-refractivity contribution in [3.63, 3.8) is 0 Å². The second kappa shape index (κ2) is 13.8. The first-order valence-corrected chi connectivity index (χ1v) is 16.2. The molecule has 3 aromatic rings. The number of anilines is 1. The molecule has 4 heterocycles. The fourth-order valence-electron chi connectivity index (χ4n) is 5.70. The van der Waals surface area contributed by atoms with Crippen LogP contribution in [0.15, 0.2) is 71.8 Å². The van der Waals surface area contributed by atoms with Crippen molar-refractivity contribution in [3.05, 3.63) is 87.3 Å². The van der Waals surface area contributed by atoms with Crippen molar-refractivity contribution < 1.29 is 50.5 Å². The van der Waals surface area contributed by atoms with Crippen LogP contribution in [0.25, 0.3) is 22.3 Å². The first kappa shape index (κ1) is 36.5. The number of nitrogens with zero attached hydrogens (tertiary/aromatic N) is 3. The van der Waals surface area contributed by atoms with E-state index in [1.807, 2.05) is 30.0 Å². The molecule has 50 heavy (non-hydrogen) atoms. The fraction of sp³-hybridized carbons (Fsp3) is 0.343. The number of carbonyl (C=O) groups excluding carboxylic acids is 1. The second-order valence-electron chi connectivity index (χ2n) is 12.0. The van der Waals surface area contributed by atoms with Crippen LogP contribution in [0.2, 0.25) is 0 Å². The van der Waals surface area contributed by atoms with Crippen LogP contribution in [0, 0.1) is 6.92 Å². The Morgan fingerprint density at radius 2 is 1.78 bits per heavy atom. The summed E-state index contributed by atoms with van der Waals surface area (Å²) in [6, 6.07) is 9.74. The first-order valence-electron chi connectivity index (χ1n) is 15.4. The number of pyridine rings is 1. The summed E-state index contributed by atoms with van der Waals surface area (Å²) in [5.41, 5.74) is -0.361. The zero-order valence-corrected chi connectivity index (χ0v) is 28.2. The molecule has 8 nitrogen and oxygen atoms in total. The van der Waals surface area contributed by atoms with Gasteiger partial charge < -0.3 is 19.5 Å². The summed E-state index contributed by atoms with van der Waals surface area (Å²) in [5, 5.41) is 9.52. The molecule has 15 heteroatoms. The Bertz CT molecular complexity index is 1890. The molecule has 0 bridgehead atoms. The average molecular weight is 722 g/mol. The monoisotopic (exact) mass is 721 g/mol. The van der Waals surface area contributed by atoms with Gasteiger partial charge in [0.05, 0.1) is 31.0 Å². The zero-order valence-electron chi connectivity index (χ0n) is 27.4. The highest BCUT2D eigenvalue weighted by molar-refractivity contribution is 7.14. The zero-order chi connectivity index (χ0) is 36.7. The standard InChI is InChI=1S/C35H33F6N3O5S/c1-18(13-23(35(39,40)41)14-19(2)34(36,37)38)31-20(3)44(33(47)49-31)17-27-24(8-10-30(42-27)43-11-6-12-43)26-15-22(7-9-28(26)48-5)25-16-29(32(45)46)50-21(25)4/h7-10,13-16,20,31H,1,6,11-12,17H2,2-5H3,(H,45,46)/b19-14+,23-13+/t20-,31+/m0/s1. The predicted molar refractivity (Wildman–Crippen MR) is 176 cm³/mol. The maximum atomic E-state index is 13.8. The lowest BCUT2D eigenvalue weighted by atomic mass is 9.96. The number of allylic oxidation sites excluding steroid dienone is 3. The van der Waals surface area contributed by atoms with E-state index in [0.717, 1.165) is 35.7 Å². The highest BCUT2D eigenvalue weighted by Crippen LogP contribution is 2.41. The molecule has 2 aromatic heterocycles. The largest absolute Gasteiger partial charge is 0.496 e. The number of amides is 1. The summed E-state index contributed by atoms with van der Waals surface area (Å²) in [7, 11) is 1.49. The van der Waals surface area contributed by atoms with Crippen LogP contribution >= 0.6 is 11.3 Å². The molecule has 0 spiro atoms. The van der Waals surface area contributed by atoms with Crippen LogP contribution in [-0.4, -0.2) is 71.8 Å². The highest BCUT2D eigenvalue weighted by Gasteiger charge is 2.42. The van der Waals surface area contributed by atoms with Crippen LogP contribution in [0.1, 0.15) is 40.5 Å². The molecule has 0 saturated carbocycles. The van der Waals surface area contributed by atoms with Gasteiger partial charge >= 0.3 is 24.4 Å². The van der Waals surface area contributed by atoms with Gasteiger partial charge in [0, 0.05) is 34.7 Å². The molecular weight excluding hydrogens is 688 g/mol. The predicted octanol–water partition coefficient (Wildman–Crippen LogP) is 8.97. The van der Waals surface area contributed by atoms with Crippen molar-refractivity contribution in [2.24, 2.45) is 0 Å². The Kier molecular flexibility index (Phi) is 10.1. The minimum absolute atomic E-state index is 0.0105. The number of alkyl halides is 6. The van der Waals surface area contributed by atoms with E-state index in [1.54, 1.807) is 18.2 Å². The van der Waals surface area contributed by atoms with E-state index in [1.165, 1.54) is 18.9 Å². The molecule has 2 fully saturated rings. The molecule has 1 aromatic carbocycles. The number of cyclic esters (lactones) is 1. The van der Waals surface area contributed by atoms with E-state index in [4.69, 9.17) is 14.5 Å². The van der Waals surface area contributed by atoms with Gasteiger partial charge in [0.2, 0.25) is 0 Å². The maximum Gasteiger partial charge on any atom is 0.416 e. The number of methoxy groups -OCH3 is 1. The summed E-state index contributed by atoms with van der Waals surface area (Å²) in [6.45, 7) is 8.91. The maximum absolute atomic E-state index is 13.8. The molecule has 2 aliphatic rings. The number of hydrogen-bond acceptors (Lipinski definition) is 7. The smallest absolute Gasteiger partial charge is 0.416 e. The number of aryl methyl sites for hydroxylation is 1. The summed E-state index contributed by atoms with van der Waals surface area (Å²) in [6.07, 6.45) is -10.9. The van der Waals surface area contributed by atoms with Crippen LogP contribution in [0.4, 0.5) is 37.0 Å². The van der Waals surface area contributed by atoms with Crippen LogP contribution in [0.5, 0.6) is 5.75 Å². The quantitative estimate of drug-likeness (QED) is 0.165. The lowest BCUT2D eigenvalue weighted by Gasteiger charge is -2.33. The highest BCUT2D eigenvalue weighted by atomic mass is 32.1. The third kappa shape index (κ3) is 7.52. The molecule has 2 saturated heterocycles. The molecule has 5 rings (SSSR count). The van der Waals surface area contributed by atoms with E-state index in [9.17, 15) is 41.0 Å². The Morgan fingerprint density at radius 3 is 2.34 bits per heavy atom. The summed E-state index contributed by atoms with van der Waals surface area (Å²) in [4.78, 5) is 34.0. The van der Waals surface area contributed by atoms with E-state index in [2.05, 4.69) is 6.58 Å². The van der Waals surface area contributed by atoms with Gasteiger partial charge in [0.1, 0.15) is 22.5 Å². The number of thiophene rings is 1. The van der Waals surface area contributed by atoms with Gasteiger partial charge in [-0.2, -0.15) is 26.3 Å². The molecule has 2 aliphatic heterocycles.